The Labute approximate surface area is 85.1 Å². The monoisotopic (exact) mass is 221 g/mol. The molecule has 0 aliphatic carbocycles. The van der Waals surface area contributed by atoms with Gasteiger partial charge in [-0.05, 0) is 43.8 Å². The average molecular weight is 221 g/mol. The molecule has 15 heavy (non-hydrogen) atoms. The molecule has 0 spiro atoms. The van der Waals surface area contributed by atoms with Crippen molar-refractivity contribution in [3.05, 3.63) is 35.1 Å². The Kier molecular flexibility index (Phi) is 3.68. The van der Waals surface area contributed by atoms with Gasteiger partial charge in [-0.15, -0.1) is 0 Å². The van der Waals surface area contributed by atoms with Crippen LogP contribution in [0.25, 0.3) is 0 Å². The Balaban J connectivity index is 3.03. The summed E-state index contributed by atoms with van der Waals surface area (Å²) < 4.78 is 50.2. The molecule has 0 aliphatic heterocycles. The Morgan fingerprint density at radius 2 is 1.93 bits per heavy atom. The second-order valence-corrected chi connectivity index (χ2v) is 3.15. The fourth-order valence-corrected chi connectivity index (χ4v) is 1.31. The van der Waals surface area contributed by atoms with E-state index in [2.05, 4.69) is 5.32 Å². The van der Waals surface area contributed by atoms with Gasteiger partial charge in [0, 0.05) is 0 Å². The molecule has 0 heterocycles. The highest BCUT2D eigenvalue weighted by Gasteiger charge is 2.32. The Morgan fingerprint density at radius 3 is 2.47 bits per heavy atom. The van der Waals surface area contributed by atoms with E-state index in [-0.39, 0.29) is 12.0 Å². The second kappa shape index (κ2) is 4.61. The van der Waals surface area contributed by atoms with Crippen molar-refractivity contribution in [1.29, 1.82) is 0 Å². The van der Waals surface area contributed by atoms with Gasteiger partial charge in [0.1, 0.15) is 5.82 Å². The number of hydrogen-bond donors (Lipinski definition) is 1. The van der Waals surface area contributed by atoms with E-state index >= 15 is 0 Å². The Morgan fingerprint density at radius 1 is 1.27 bits per heavy atom. The van der Waals surface area contributed by atoms with Crippen LogP contribution in [-0.4, -0.2) is 13.6 Å². The molecular weight excluding hydrogens is 210 g/mol. The summed E-state index contributed by atoms with van der Waals surface area (Å²) in [6.45, 7) is 0.381. The van der Waals surface area contributed by atoms with Crippen LogP contribution in [0.3, 0.4) is 0 Å². The van der Waals surface area contributed by atoms with E-state index in [0.29, 0.717) is 6.54 Å². The van der Waals surface area contributed by atoms with E-state index in [9.17, 15) is 17.6 Å². The number of benzene rings is 1. The number of rotatable bonds is 3. The lowest BCUT2D eigenvalue weighted by Crippen LogP contribution is -2.15. The number of alkyl halides is 3. The molecule has 0 unspecified atom stereocenters. The van der Waals surface area contributed by atoms with Crippen LogP contribution in [0.15, 0.2) is 18.2 Å². The predicted molar refractivity (Wildman–Crippen MR) is 49.0 cm³/mol. The lowest BCUT2D eigenvalue weighted by molar-refractivity contribution is -0.138. The molecule has 1 N–H and O–H groups in total. The first-order valence-corrected chi connectivity index (χ1v) is 4.45. The first-order chi connectivity index (χ1) is 6.95. The smallest absolute Gasteiger partial charge is 0.319 e. The molecule has 5 heteroatoms. The molecular formula is C10H11F4N. The lowest BCUT2D eigenvalue weighted by atomic mass is 10.0. The highest BCUT2D eigenvalue weighted by atomic mass is 19.4. The molecule has 0 bridgehead atoms. The largest absolute Gasteiger partial charge is 0.416 e. The van der Waals surface area contributed by atoms with Crippen LogP contribution in [-0.2, 0) is 12.6 Å². The standard InChI is InChI=1S/C10H11F4N/c1-15-5-4-7-6-8(11)2-3-9(7)10(12,13)14/h2-3,6,15H,4-5H2,1H3. The van der Waals surface area contributed by atoms with Gasteiger partial charge in [0.05, 0.1) is 5.56 Å². The maximum absolute atomic E-state index is 12.8. The SMILES string of the molecule is CNCCc1cc(F)ccc1C(F)(F)F. The summed E-state index contributed by atoms with van der Waals surface area (Å²) >= 11 is 0. The molecule has 1 aromatic rings. The lowest BCUT2D eigenvalue weighted by Gasteiger charge is -2.12. The fourth-order valence-electron chi connectivity index (χ4n) is 1.31. The van der Waals surface area contributed by atoms with Crippen molar-refractivity contribution < 1.29 is 17.6 Å². The van der Waals surface area contributed by atoms with E-state index in [1.807, 2.05) is 0 Å². The van der Waals surface area contributed by atoms with Crippen molar-refractivity contribution in [3.8, 4) is 0 Å². The number of likely N-dealkylation sites (N-methyl/N-ethyl adjacent to an activating group) is 1. The van der Waals surface area contributed by atoms with Gasteiger partial charge in [-0.25, -0.2) is 4.39 Å². The van der Waals surface area contributed by atoms with E-state index in [1.54, 1.807) is 7.05 Å². The molecule has 84 valence electrons. The summed E-state index contributed by atoms with van der Waals surface area (Å²) in [7, 11) is 1.63. The average Bonchev–Trinajstić information content (AvgIpc) is 2.12. The highest BCUT2D eigenvalue weighted by molar-refractivity contribution is 5.30. The second-order valence-electron chi connectivity index (χ2n) is 3.15. The van der Waals surface area contributed by atoms with Gasteiger partial charge in [0.15, 0.2) is 0 Å². The maximum Gasteiger partial charge on any atom is 0.416 e. The molecule has 0 saturated carbocycles. The zero-order valence-corrected chi connectivity index (χ0v) is 8.16. The molecule has 0 aromatic heterocycles. The van der Waals surface area contributed by atoms with Crippen LogP contribution in [0.5, 0.6) is 0 Å². The number of halogens is 4. The number of nitrogens with one attached hydrogen (secondary N) is 1. The summed E-state index contributed by atoms with van der Waals surface area (Å²) in [4.78, 5) is 0. The van der Waals surface area contributed by atoms with Crippen molar-refractivity contribution in [2.75, 3.05) is 13.6 Å². The minimum atomic E-state index is -4.42. The molecule has 0 fully saturated rings. The van der Waals surface area contributed by atoms with Crippen molar-refractivity contribution in [2.24, 2.45) is 0 Å². The molecule has 0 atom stereocenters. The van der Waals surface area contributed by atoms with Crippen LogP contribution in [0.1, 0.15) is 11.1 Å². The molecule has 0 radical (unpaired) electrons. The third-order valence-corrected chi connectivity index (χ3v) is 2.02. The van der Waals surface area contributed by atoms with Crippen molar-refractivity contribution in [2.45, 2.75) is 12.6 Å². The van der Waals surface area contributed by atoms with E-state index in [1.165, 1.54) is 0 Å². The van der Waals surface area contributed by atoms with Gasteiger partial charge in [-0.3, -0.25) is 0 Å². The normalized spacial score (nSPS) is 11.8. The summed E-state index contributed by atoms with van der Waals surface area (Å²) in [5.41, 5.74) is -0.781. The predicted octanol–water partition coefficient (Wildman–Crippen LogP) is 2.61. The minimum Gasteiger partial charge on any atom is -0.319 e. The summed E-state index contributed by atoms with van der Waals surface area (Å²) in [5, 5.41) is 2.72. The van der Waals surface area contributed by atoms with Gasteiger partial charge < -0.3 is 5.32 Å². The Hall–Kier alpha value is -1.10. The molecule has 1 rings (SSSR count). The molecule has 1 nitrogen and oxygen atoms in total. The first-order valence-electron chi connectivity index (χ1n) is 4.45. The molecule has 0 amide bonds. The van der Waals surface area contributed by atoms with E-state index < -0.39 is 17.6 Å². The quantitative estimate of drug-likeness (QED) is 0.773. The van der Waals surface area contributed by atoms with E-state index in [4.69, 9.17) is 0 Å². The van der Waals surface area contributed by atoms with Gasteiger partial charge in [-0.1, -0.05) is 0 Å². The third kappa shape index (κ3) is 3.20. The van der Waals surface area contributed by atoms with Crippen molar-refractivity contribution >= 4 is 0 Å². The zero-order chi connectivity index (χ0) is 11.5. The van der Waals surface area contributed by atoms with Crippen molar-refractivity contribution in [1.82, 2.24) is 5.32 Å². The van der Waals surface area contributed by atoms with Gasteiger partial charge in [0.2, 0.25) is 0 Å². The summed E-state index contributed by atoms with van der Waals surface area (Å²) in [6.07, 6.45) is -4.26. The molecule has 1 aromatic carbocycles. The molecule has 0 saturated heterocycles. The van der Waals surface area contributed by atoms with Crippen LogP contribution in [0.4, 0.5) is 17.6 Å². The van der Waals surface area contributed by atoms with E-state index in [0.717, 1.165) is 18.2 Å². The topological polar surface area (TPSA) is 12.0 Å². The summed E-state index contributed by atoms with van der Waals surface area (Å²) in [6, 6.07) is 2.53. The van der Waals surface area contributed by atoms with Gasteiger partial charge in [-0.2, -0.15) is 13.2 Å². The van der Waals surface area contributed by atoms with Gasteiger partial charge in [0.25, 0.3) is 0 Å². The number of hydrogen-bond acceptors (Lipinski definition) is 1. The van der Waals surface area contributed by atoms with Crippen LogP contribution < -0.4 is 5.32 Å². The molecule has 0 aliphatic rings. The zero-order valence-electron chi connectivity index (χ0n) is 8.16. The van der Waals surface area contributed by atoms with Crippen LogP contribution in [0, 0.1) is 5.82 Å². The maximum atomic E-state index is 12.8. The third-order valence-electron chi connectivity index (χ3n) is 2.02. The fraction of sp³-hybridized carbons (Fsp3) is 0.400. The van der Waals surface area contributed by atoms with Crippen molar-refractivity contribution in [3.63, 3.8) is 0 Å². The first kappa shape index (κ1) is 12.0. The minimum absolute atomic E-state index is 0.0168. The highest BCUT2D eigenvalue weighted by Crippen LogP contribution is 2.32. The van der Waals surface area contributed by atoms with Crippen LogP contribution >= 0.6 is 0 Å². The summed E-state index contributed by atoms with van der Waals surface area (Å²) in [5.74, 6) is -0.644. The van der Waals surface area contributed by atoms with Gasteiger partial charge >= 0.3 is 6.18 Å². The van der Waals surface area contributed by atoms with Crippen LogP contribution in [0.2, 0.25) is 0 Å². The Bertz CT molecular complexity index is 333.